The molecular weight excluding hydrogens is 374 g/mol. The van der Waals surface area contributed by atoms with Crippen molar-refractivity contribution in [1.29, 1.82) is 0 Å². The van der Waals surface area contributed by atoms with Crippen molar-refractivity contribution in [3.05, 3.63) is 52.5 Å². The Kier molecular flexibility index (Phi) is 4.40. The van der Waals surface area contributed by atoms with Crippen molar-refractivity contribution in [3.63, 3.8) is 0 Å². The Hall–Kier alpha value is -2.60. The van der Waals surface area contributed by atoms with Crippen molar-refractivity contribution in [2.75, 3.05) is 14.2 Å². The molecule has 3 aromatic rings. The summed E-state index contributed by atoms with van der Waals surface area (Å²) >= 11 is 3.34. The molecule has 1 aromatic heterocycles. The maximum absolute atomic E-state index is 11.6. The predicted molar refractivity (Wildman–Crippen MR) is 92.3 cm³/mol. The van der Waals surface area contributed by atoms with Gasteiger partial charge in [0.15, 0.2) is 0 Å². The minimum absolute atomic E-state index is 0.0779. The molecule has 2 aromatic carbocycles. The summed E-state index contributed by atoms with van der Waals surface area (Å²) in [7, 11) is 3.10. The molecule has 0 bridgehead atoms. The molecule has 0 atom stereocenters. The van der Waals surface area contributed by atoms with E-state index in [1.807, 2.05) is 6.07 Å². The summed E-state index contributed by atoms with van der Waals surface area (Å²) < 4.78 is 11.3. The van der Waals surface area contributed by atoms with Gasteiger partial charge in [-0.25, -0.2) is 4.98 Å². The second-order valence-electron chi connectivity index (χ2n) is 5.07. The molecule has 3 rings (SSSR count). The number of methoxy groups -OCH3 is 2. The van der Waals surface area contributed by atoms with Gasteiger partial charge in [-0.3, -0.25) is 0 Å². The number of ether oxygens (including phenoxy) is 2. The third kappa shape index (κ3) is 2.92. The van der Waals surface area contributed by atoms with E-state index in [2.05, 4.69) is 20.9 Å². The molecule has 0 aliphatic heterocycles. The Balaban J connectivity index is 2.27. The van der Waals surface area contributed by atoms with Gasteiger partial charge in [-0.05, 0) is 36.4 Å². The van der Waals surface area contributed by atoms with Crippen LogP contribution in [-0.2, 0) is 0 Å². The van der Waals surface area contributed by atoms with Crippen LogP contribution >= 0.6 is 15.9 Å². The van der Waals surface area contributed by atoms with Gasteiger partial charge in [-0.1, -0.05) is 15.9 Å². The number of aromatic nitrogens is 1. The Morgan fingerprint density at radius 1 is 1.08 bits per heavy atom. The van der Waals surface area contributed by atoms with E-state index in [-0.39, 0.29) is 5.56 Å². The van der Waals surface area contributed by atoms with E-state index in [4.69, 9.17) is 9.47 Å². The largest absolute Gasteiger partial charge is 0.545 e. The standard InChI is InChI=1S/C18H14BrNO4/c1-23-11-4-5-12(17(8-11)24-2)16-9-14(18(21)22)13-7-10(19)3-6-15(13)20-16/h3-9H,1-2H3,(H,21,22)/p-1. The molecule has 1 heterocycles. The van der Waals surface area contributed by atoms with E-state index in [1.54, 1.807) is 37.4 Å². The second kappa shape index (κ2) is 6.49. The van der Waals surface area contributed by atoms with Gasteiger partial charge in [0.2, 0.25) is 0 Å². The van der Waals surface area contributed by atoms with Crippen molar-refractivity contribution in [1.82, 2.24) is 4.98 Å². The fourth-order valence-corrected chi connectivity index (χ4v) is 2.88. The van der Waals surface area contributed by atoms with Gasteiger partial charge in [0.25, 0.3) is 0 Å². The Morgan fingerprint density at radius 3 is 2.54 bits per heavy atom. The molecule has 0 unspecified atom stereocenters. The number of hydrogen-bond donors (Lipinski definition) is 0. The number of carboxylic acids is 1. The lowest BCUT2D eigenvalue weighted by Crippen LogP contribution is -2.22. The third-order valence-electron chi connectivity index (χ3n) is 3.68. The van der Waals surface area contributed by atoms with Crippen LogP contribution in [-0.4, -0.2) is 25.2 Å². The van der Waals surface area contributed by atoms with Gasteiger partial charge in [0.1, 0.15) is 11.5 Å². The molecule has 0 fully saturated rings. The number of hydrogen-bond acceptors (Lipinski definition) is 5. The molecule has 0 N–H and O–H groups in total. The lowest BCUT2D eigenvalue weighted by Gasteiger charge is -2.14. The number of nitrogens with zero attached hydrogens (tertiary/aromatic N) is 1. The highest BCUT2D eigenvalue weighted by Crippen LogP contribution is 2.34. The number of carbonyl (C=O) groups excluding carboxylic acids is 1. The number of carboxylic acid groups (broad SMARTS) is 1. The number of benzene rings is 2. The number of pyridine rings is 1. The lowest BCUT2D eigenvalue weighted by atomic mass is 10.0. The van der Waals surface area contributed by atoms with Crippen LogP contribution in [0.4, 0.5) is 0 Å². The van der Waals surface area contributed by atoms with E-state index >= 15 is 0 Å². The van der Waals surface area contributed by atoms with Gasteiger partial charge in [0.05, 0.1) is 31.4 Å². The summed E-state index contributed by atoms with van der Waals surface area (Å²) in [6, 6.07) is 12.0. The van der Waals surface area contributed by atoms with Gasteiger partial charge >= 0.3 is 0 Å². The number of aromatic carboxylic acids is 1. The molecule has 0 saturated heterocycles. The smallest absolute Gasteiger partial charge is 0.131 e. The van der Waals surface area contributed by atoms with Crippen LogP contribution in [0.2, 0.25) is 0 Å². The van der Waals surface area contributed by atoms with Gasteiger partial charge < -0.3 is 19.4 Å². The first-order valence-corrected chi connectivity index (χ1v) is 7.87. The molecule has 0 radical (unpaired) electrons. The van der Waals surface area contributed by atoms with Crippen LogP contribution in [0.15, 0.2) is 46.9 Å². The topological polar surface area (TPSA) is 71.5 Å². The van der Waals surface area contributed by atoms with E-state index < -0.39 is 5.97 Å². The average Bonchev–Trinajstić information content (AvgIpc) is 2.60. The second-order valence-corrected chi connectivity index (χ2v) is 5.99. The van der Waals surface area contributed by atoms with Crippen LogP contribution < -0.4 is 14.6 Å². The van der Waals surface area contributed by atoms with E-state index in [9.17, 15) is 9.90 Å². The zero-order valence-corrected chi connectivity index (χ0v) is 14.6. The normalized spacial score (nSPS) is 10.6. The number of carbonyl (C=O) groups is 1. The lowest BCUT2D eigenvalue weighted by molar-refractivity contribution is -0.254. The molecule has 5 nitrogen and oxygen atoms in total. The maximum atomic E-state index is 11.6. The van der Waals surface area contributed by atoms with Gasteiger partial charge in [0, 0.05) is 27.1 Å². The van der Waals surface area contributed by atoms with Crippen LogP contribution in [0.3, 0.4) is 0 Å². The van der Waals surface area contributed by atoms with Crippen LogP contribution in [0.25, 0.3) is 22.2 Å². The van der Waals surface area contributed by atoms with Crippen LogP contribution in [0, 0.1) is 0 Å². The molecule has 0 amide bonds. The zero-order valence-electron chi connectivity index (χ0n) is 13.0. The molecule has 0 spiro atoms. The van der Waals surface area contributed by atoms with Crippen molar-refractivity contribution in [3.8, 4) is 22.8 Å². The quantitative estimate of drug-likeness (QED) is 0.688. The van der Waals surface area contributed by atoms with Crippen LogP contribution in [0.5, 0.6) is 11.5 Å². The van der Waals surface area contributed by atoms with Crippen molar-refractivity contribution < 1.29 is 19.4 Å². The fourth-order valence-electron chi connectivity index (χ4n) is 2.51. The summed E-state index contributed by atoms with van der Waals surface area (Å²) in [5, 5.41) is 12.1. The first-order chi connectivity index (χ1) is 11.5. The number of halogens is 1. The monoisotopic (exact) mass is 386 g/mol. The molecule has 0 saturated carbocycles. The van der Waals surface area contributed by atoms with Gasteiger partial charge in [-0.15, -0.1) is 0 Å². The van der Waals surface area contributed by atoms with Crippen molar-refractivity contribution >= 4 is 32.8 Å². The summed E-state index contributed by atoms with van der Waals surface area (Å²) in [4.78, 5) is 16.1. The maximum Gasteiger partial charge on any atom is 0.131 e. The molecule has 24 heavy (non-hydrogen) atoms. The summed E-state index contributed by atoms with van der Waals surface area (Å²) in [5.74, 6) is -0.0720. The van der Waals surface area contributed by atoms with Crippen LogP contribution in [0.1, 0.15) is 10.4 Å². The van der Waals surface area contributed by atoms with E-state index in [0.29, 0.717) is 33.7 Å². The minimum Gasteiger partial charge on any atom is -0.545 e. The summed E-state index contributed by atoms with van der Waals surface area (Å²) in [5.41, 5.74) is 1.80. The highest BCUT2D eigenvalue weighted by molar-refractivity contribution is 9.10. The number of fused-ring (bicyclic) bond motifs is 1. The summed E-state index contributed by atoms with van der Waals surface area (Å²) in [6.45, 7) is 0. The molecule has 0 aliphatic carbocycles. The zero-order chi connectivity index (χ0) is 17.3. The predicted octanol–water partition coefficient (Wildman–Crippen LogP) is 3.05. The highest BCUT2D eigenvalue weighted by Gasteiger charge is 2.13. The SMILES string of the molecule is COc1ccc(-c2cc(C(=O)[O-])c3cc(Br)ccc3n2)c(OC)c1. The Labute approximate surface area is 147 Å². The molecular formula is C18H13BrNO4-. The Morgan fingerprint density at radius 2 is 1.88 bits per heavy atom. The molecule has 6 heteroatoms. The average molecular weight is 387 g/mol. The highest BCUT2D eigenvalue weighted by atomic mass is 79.9. The van der Waals surface area contributed by atoms with Crippen molar-refractivity contribution in [2.24, 2.45) is 0 Å². The van der Waals surface area contributed by atoms with E-state index in [0.717, 1.165) is 4.47 Å². The third-order valence-corrected chi connectivity index (χ3v) is 4.17. The van der Waals surface area contributed by atoms with E-state index in [1.165, 1.54) is 13.2 Å². The van der Waals surface area contributed by atoms with Crippen molar-refractivity contribution in [2.45, 2.75) is 0 Å². The van der Waals surface area contributed by atoms with Gasteiger partial charge in [-0.2, -0.15) is 0 Å². The fraction of sp³-hybridized carbons (Fsp3) is 0.111. The number of rotatable bonds is 4. The Bertz CT molecular complexity index is 940. The molecule has 122 valence electrons. The first-order valence-electron chi connectivity index (χ1n) is 7.07. The summed E-state index contributed by atoms with van der Waals surface area (Å²) in [6.07, 6.45) is 0. The first kappa shape index (κ1) is 16.3. The minimum atomic E-state index is -1.26. The molecule has 0 aliphatic rings.